The molecule has 0 aliphatic heterocycles. The van der Waals surface area contributed by atoms with Gasteiger partial charge in [-0.15, -0.1) is 0 Å². The summed E-state index contributed by atoms with van der Waals surface area (Å²) in [6, 6.07) is 16.7. The molecule has 0 aromatic heterocycles. The molecular weight excluding hydrogens is 196 g/mol. The molecule has 1 nitrogen and oxygen atoms in total. The highest BCUT2D eigenvalue weighted by Crippen LogP contribution is 2.11. The molecule has 0 aliphatic rings. The van der Waals surface area contributed by atoms with Crippen molar-refractivity contribution < 1.29 is 4.79 Å². The van der Waals surface area contributed by atoms with E-state index in [0.717, 1.165) is 0 Å². The predicted molar refractivity (Wildman–Crippen MR) is 69.5 cm³/mol. The summed E-state index contributed by atoms with van der Waals surface area (Å²) in [5.74, 6) is 0.343. The fraction of sp³-hybridized carbons (Fsp3) is 0.267. The number of hydrogen-bond donors (Lipinski definition) is 0. The standard InChI is InChI=1S/C10H8.C5H10O/c1-2-6-10-8-4-3-7-9(10)5-1;1-3-5(6)4-2/h1-8H;3-4H2,1-2H3. The number of rotatable bonds is 2. The smallest absolute Gasteiger partial charge is 0.132 e. The Labute approximate surface area is 97.1 Å². The number of Topliss-reactive ketones (excluding diaryl/α,β-unsaturated/α-hetero) is 1. The van der Waals surface area contributed by atoms with Gasteiger partial charge < -0.3 is 0 Å². The molecule has 16 heavy (non-hydrogen) atoms. The summed E-state index contributed by atoms with van der Waals surface area (Å²) in [6.07, 6.45) is 1.38. The largest absolute Gasteiger partial charge is 0.300 e. The molecule has 2 aromatic rings. The van der Waals surface area contributed by atoms with E-state index in [0.29, 0.717) is 18.6 Å². The molecule has 0 saturated heterocycles. The Morgan fingerprint density at radius 1 is 0.812 bits per heavy atom. The highest BCUT2D eigenvalue weighted by Gasteiger charge is 1.87. The van der Waals surface area contributed by atoms with Gasteiger partial charge in [-0.3, -0.25) is 4.79 Å². The molecule has 84 valence electrons. The van der Waals surface area contributed by atoms with Crippen molar-refractivity contribution >= 4 is 16.6 Å². The number of fused-ring (bicyclic) bond motifs is 1. The van der Waals surface area contributed by atoms with E-state index in [2.05, 4.69) is 48.5 Å². The van der Waals surface area contributed by atoms with Gasteiger partial charge in [0.2, 0.25) is 0 Å². The minimum atomic E-state index is 0.343. The maximum absolute atomic E-state index is 10.2. The molecule has 0 spiro atoms. The topological polar surface area (TPSA) is 17.1 Å². The first-order valence-electron chi connectivity index (χ1n) is 5.73. The van der Waals surface area contributed by atoms with Crippen LogP contribution >= 0.6 is 0 Å². The first-order chi connectivity index (χ1) is 7.77. The van der Waals surface area contributed by atoms with Gasteiger partial charge in [0.25, 0.3) is 0 Å². The second kappa shape index (κ2) is 6.78. The van der Waals surface area contributed by atoms with E-state index >= 15 is 0 Å². The number of carbonyl (C=O) groups is 1. The number of ketones is 1. The second-order valence-corrected chi connectivity index (χ2v) is 3.59. The lowest BCUT2D eigenvalue weighted by Gasteiger charge is -1.92. The van der Waals surface area contributed by atoms with Crippen LogP contribution in [0.5, 0.6) is 0 Å². The maximum Gasteiger partial charge on any atom is 0.132 e. The molecule has 0 fully saturated rings. The minimum absolute atomic E-state index is 0.343. The second-order valence-electron chi connectivity index (χ2n) is 3.59. The van der Waals surface area contributed by atoms with Gasteiger partial charge >= 0.3 is 0 Å². The molecule has 0 unspecified atom stereocenters. The van der Waals surface area contributed by atoms with Gasteiger partial charge in [-0.25, -0.2) is 0 Å². The number of benzene rings is 2. The summed E-state index contributed by atoms with van der Waals surface area (Å²) in [4.78, 5) is 10.2. The van der Waals surface area contributed by atoms with Crippen LogP contribution in [0.4, 0.5) is 0 Å². The molecule has 0 heterocycles. The third kappa shape index (κ3) is 3.85. The summed E-state index contributed by atoms with van der Waals surface area (Å²) in [7, 11) is 0. The molecule has 1 heteroatoms. The lowest BCUT2D eigenvalue weighted by molar-refractivity contribution is -0.118. The summed E-state index contributed by atoms with van der Waals surface area (Å²) in [5.41, 5.74) is 0. The molecule has 2 aromatic carbocycles. The van der Waals surface area contributed by atoms with Crippen molar-refractivity contribution in [3.63, 3.8) is 0 Å². The van der Waals surface area contributed by atoms with E-state index in [4.69, 9.17) is 0 Å². The van der Waals surface area contributed by atoms with Gasteiger partial charge in [0.15, 0.2) is 0 Å². The Hall–Kier alpha value is -1.63. The van der Waals surface area contributed by atoms with Crippen molar-refractivity contribution in [3.8, 4) is 0 Å². The first-order valence-corrected chi connectivity index (χ1v) is 5.73. The number of hydrogen-bond acceptors (Lipinski definition) is 1. The molecule has 0 N–H and O–H groups in total. The van der Waals surface area contributed by atoms with Crippen LogP contribution in [-0.4, -0.2) is 5.78 Å². The van der Waals surface area contributed by atoms with Crippen LogP contribution < -0.4 is 0 Å². The van der Waals surface area contributed by atoms with Crippen molar-refractivity contribution in [2.75, 3.05) is 0 Å². The Kier molecular flexibility index (Phi) is 5.27. The zero-order valence-electron chi connectivity index (χ0n) is 9.94. The van der Waals surface area contributed by atoms with Crippen molar-refractivity contribution in [1.82, 2.24) is 0 Å². The maximum atomic E-state index is 10.2. The van der Waals surface area contributed by atoms with E-state index < -0.39 is 0 Å². The van der Waals surface area contributed by atoms with E-state index in [1.54, 1.807) is 0 Å². The minimum Gasteiger partial charge on any atom is -0.300 e. The molecule has 2 rings (SSSR count). The Bertz CT molecular complexity index is 374. The third-order valence-corrected chi connectivity index (χ3v) is 2.45. The molecular formula is C15H18O. The van der Waals surface area contributed by atoms with Gasteiger partial charge in [0.1, 0.15) is 5.78 Å². The monoisotopic (exact) mass is 214 g/mol. The zero-order chi connectivity index (χ0) is 11.8. The molecule has 0 amide bonds. The van der Waals surface area contributed by atoms with Gasteiger partial charge in [-0.05, 0) is 10.8 Å². The molecule has 0 radical (unpaired) electrons. The van der Waals surface area contributed by atoms with Crippen LogP contribution in [0.3, 0.4) is 0 Å². The van der Waals surface area contributed by atoms with E-state index in [1.165, 1.54) is 10.8 Å². The molecule has 0 bridgehead atoms. The lowest BCUT2D eigenvalue weighted by atomic mass is 10.1. The highest BCUT2D eigenvalue weighted by atomic mass is 16.1. The van der Waals surface area contributed by atoms with Crippen molar-refractivity contribution in [1.29, 1.82) is 0 Å². The normalized spacial score (nSPS) is 9.38. The average Bonchev–Trinajstić information content (AvgIpc) is 2.38. The van der Waals surface area contributed by atoms with Gasteiger partial charge in [-0.2, -0.15) is 0 Å². The fourth-order valence-electron chi connectivity index (χ4n) is 1.38. The summed E-state index contributed by atoms with van der Waals surface area (Å²) in [5, 5.41) is 2.62. The summed E-state index contributed by atoms with van der Waals surface area (Å²) >= 11 is 0. The zero-order valence-corrected chi connectivity index (χ0v) is 9.94. The SMILES string of the molecule is CCC(=O)CC.c1ccc2ccccc2c1. The molecule has 0 saturated carbocycles. The molecule has 0 atom stereocenters. The van der Waals surface area contributed by atoms with Crippen LogP contribution in [0.1, 0.15) is 26.7 Å². The fourth-order valence-corrected chi connectivity index (χ4v) is 1.38. The van der Waals surface area contributed by atoms with Crippen LogP contribution in [0.2, 0.25) is 0 Å². The molecule has 0 aliphatic carbocycles. The highest BCUT2D eigenvalue weighted by molar-refractivity contribution is 5.82. The number of carbonyl (C=O) groups excluding carboxylic acids is 1. The predicted octanol–water partition coefficient (Wildman–Crippen LogP) is 4.22. The third-order valence-electron chi connectivity index (χ3n) is 2.45. The van der Waals surface area contributed by atoms with Crippen LogP contribution in [0.25, 0.3) is 10.8 Å². The van der Waals surface area contributed by atoms with Crippen molar-refractivity contribution in [3.05, 3.63) is 48.5 Å². The summed E-state index contributed by atoms with van der Waals surface area (Å²) < 4.78 is 0. The Morgan fingerprint density at radius 2 is 1.12 bits per heavy atom. The first kappa shape index (κ1) is 12.4. The van der Waals surface area contributed by atoms with Crippen LogP contribution in [0.15, 0.2) is 48.5 Å². The van der Waals surface area contributed by atoms with Gasteiger partial charge in [-0.1, -0.05) is 62.4 Å². The van der Waals surface area contributed by atoms with Gasteiger partial charge in [0.05, 0.1) is 0 Å². The lowest BCUT2D eigenvalue weighted by Crippen LogP contribution is -1.88. The van der Waals surface area contributed by atoms with E-state index in [1.807, 2.05) is 13.8 Å². The average molecular weight is 214 g/mol. The quantitative estimate of drug-likeness (QED) is 0.731. The Balaban J connectivity index is 0.000000187. The van der Waals surface area contributed by atoms with Crippen molar-refractivity contribution in [2.24, 2.45) is 0 Å². The Morgan fingerprint density at radius 3 is 1.31 bits per heavy atom. The van der Waals surface area contributed by atoms with Crippen LogP contribution in [0, 0.1) is 0 Å². The van der Waals surface area contributed by atoms with E-state index in [-0.39, 0.29) is 0 Å². The van der Waals surface area contributed by atoms with Crippen LogP contribution in [-0.2, 0) is 4.79 Å². The van der Waals surface area contributed by atoms with Gasteiger partial charge in [0, 0.05) is 12.8 Å². The van der Waals surface area contributed by atoms with Crippen molar-refractivity contribution in [2.45, 2.75) is 26.7 Å². The summed E-state index contributed by atoms with van der Waals surface area (Å²) in [6.45, 7) is 3.76. The van der Waals surface area contributed by atoms with E-state index in [9.17, 15) is 4.79 Å².